The summed E-state index contributed by atoms with van der Waals surface area (Å²) in [5.74, 6) is 2.65. The number of benzene rings is 1. The van der Waals surface area contributed by atoms with Crippen LogP contribution in [0.25, 0.3) is 0 Å². The molecule has 0 radical (unpaired) electrons. The predicted molar refractivity (Wildman–Crippen MR) is 99.4 cm³/mol. The zero-order valence-electron chi connectivity index (χ0n) is 15.8. The minimum absolute atomic E-state index is 0.333. The molecule has 6 nitrogen and oxygen atoms in total. The highest BCUT2D eigenvalue weighted by Gasteiger charge is 2.46. The standard InChI is InChI=1S/C21H24N4O2/c1-13-16(14(2)26-23-13)12-20-22-21(24-27-20)17-11-19(15-7-4-3-5-8-15)25-10-6-9-18(17)25/h3-5,7-8,17-19H,6,9-12H2,1-2H3/t17-,18+,19-/m1/s1. The lowest BCUT2D eigenvalue weighted by Gasteiger charge is -2.24. The van der Waals surface area contributed by atoms with Crippen molar-refractivity contribution >= 4 is 0 Å². The van der Waals surface area contributed by atoms with Gasteiger partial charge in [-0.1, -0.05) is 40.6 Å². The van der Waals surface area contributed by atoms with E-state index in [1.54, 1.807) is 0 Å². The molecule has 2 aliphatic rings. The van der Waals surface area contributed by atoms with Gasteiger partial charge < -0.3 is 9.05 Å². The Morgan fingerprint density at radius 3 is 2.74 bits per heavy atom. The highest BCUT2D eigenvalue weighted by Crippen LogP contribution is 2.48. The van der Waals surface area contributed by atoms with Crippen LogP contribution >= 0.6 is 0 Å². The Balaban J connectivity index is 1.39. The molecule has 27 heavy (non-hydrogen) atoms. The fourth-order valence-corrected chi connectivity index (χ4v) is 4.84. The van der Waals surface area contributed by atoms with Crippen LogP contribution in [0, 0.1) is 13.8 Å². The second kappa shape index (κ2) is 6.60. The number of fused-ring (bicyclic) bond motifs is 1. The molecule has 2 saturated heterocycles. The zero-order valence-corrected chi connectivity index (χ0v) is 15.8. The van der Waals surface area contributed by atoms with Gasteiger partial charge in [-0.05, 0) is 45.2 Å². The SMILES string of the molecule is Cc1noc(C)c1Cc1nc([C@@H]2C[C@H](c3ccccc3)N3CCC[C@@H]23)no1. The normalized spacial score (nSPS) is 25.2. The Morgan fingerprint density at radius 1 is 1.11 bits per heavy atom. The molecule has 2 fully saturated rings. The topological polar surface area (TPSA) is 68.2 Å². The number of hydrogen-bond donors (Lipinski definition) is 0. The van der Waals surface area contributed by atoms with E-state index >= 15 is 0 Å². The predicted octanol–water partition coefficient (Wildman–Crippen LogP) is 3.96. The summed E-state index contributed by atoms with van der Waals surface area (Å²) in [6.07, 6.45) is 4.09. The molecule has 0 saturated carbocycles. The molecule has 4 heterocycles. The van der Waals surface area contributed by atoms with Crippen LogP contribution in [0.15, 0.2) is 39.4 Å². The maximum absolute atomic E-state index is 5.60. The van der Waals surface area contributed by atoms with E-state index in [1.165, 1.54) is 18.4 Å². The third-order valence-corrected chi connectivity index (χ3v) is 6.19. The van der Waals surface area contributed by atoms with Crippen molar-refractivity contribution in [1.29, 1.82) is 0 Å². The van der Waals surface area contributed by atoms with Gasteiger partial charge >= 0.3 is 0 Å². The highest BCUT2D eigenvalue weighted by atomic mass is 16.5. The van der Waals surface area contributed by atoms with Gasteiger partial charge in [0.25, 0.3) is 0 Å². The molecule has 3 aromatic rings. The van der Waals surface area contributed by atoms with E-state index in [0.717, 1.165) is 35.8 Å². The Labute approximate surface area is 158 Å². The maximum atomic E-state index is 5.60. The van der Waals surface area contributed by atoms with Crippen LogP contribution in [0.4, 0.5) is 0 Å². The lowest BCUT2D eigenvalue weighted by Crippen LogP contribution is -2.27. The van der Waals surface area contributed by atoms with Crippen LogP contribution < -0.4 is 0 Å². The Bertz CT molecular complexity index is 913. The van der Waals surface area contributed by atoms with Crippen molar-refractivity contribution in [1.82, 2.24) is 20.2 Å². The number of aryl methyl sites for hydroxylation is 2. The van der Waals surface area contributed by atoms with E-state index < -0.39 is 0 Å². The summed E-state index contributed by atoms with van der Waals surface area (Å²) < 4.78 is 10.8. The minimum atomic E-state index is 0.333. The lowest BCUT2D eigenvalue weighted by atomic mass is 9.94. The second-order valence-electron chi connectivity index (χ2n) is 7.74. The van der Waals surface area contributed by atoms with Crippen molar-refractivity contribution in [3.05, 3.63) is 64.6 Å². The second-order valence-corrected chi connectivity index (χ2v) is 7.74. The summed E-state index contributed by atoms with van der Waals surface area (Å²) in [5, 5.41) is 8.37. The Hall–Kier alpha value is -2.47. The molecule has 0 N–H and O–H groups in total. The molecule has 2 aliphatic heterocycles. The van der Waals surface area contributed by atoms with E-state index in [-0.39, 0.29) is 0 Å². The molecule has 0 amide bonds. The average molecular weight is 364 g/mol. The van der Waals surface area contributed by atoms with Gasteiger partial charge in [0.05, 0.1) is 12.1 Å². The molecule has 2 aromatic heterocycles. The van der Waals surface area contributed by atoms with E-state index in [4.69, 9.17) is 14.0 Å². The van der Waals surface area contributed by atoms with Gasteiger partial charge in [0.15, 0.2) is 5.82 Å². The van der Waals surface area contributed by atoms with Crippen molar-refractivity contribution in [2.45, 2.75) is 57.5 Å². The van der Waals surface area contributed by atoms with Crippen molar-refractivity contribution < 1.29 is 9.05 Å². The first-order valence-corrected chi connectivity index (χ1v) is 9.75. The lowest BCUT2D eigenvalue weighted by molar-refractivity contribution is 0.243. The minimum Gasteiger partial charge on any atom is -0.361 e. The van der Waals surface area contributed by atoms with Crippen LogP contribution in [0.3, 0.4) is 0 Å². The van der Waals surface area contributed by atoms with Gasteiger partial charge in [-0.25, -0.2) is 0 Å². The molecule has 0 spiro atoms. The van der Waals surface area contributed by atoms with Crippen LogP contribution in [0.5, 0.6) is 0 Å². The van der Waals surface area contributed by atoms with Gasteiger partial charge in [-0.15, -0.1) is 0 Å². The fourth-order valence-electron chi connectivity index (χ4n) is 4.84. The first kappa shape index (κ1) is 16.7. The molecule has 0 aliphatic carbocycles. The molecule has 3 atom stereocenters. The fraction of sp³-hybridized carbons (Fsp3) is 0.476. The maximum Gasteiger partial charge on any atom is 0.231 e. The van der Waals surface area contributed by atoms with Crippen LogP contribution in [-0.4, -0.2) is 32.8 Å². The van der Waals surface area contributed by atoms with E-state index in [1.807, 2.05) is 13.8 Å². The summed E-state index contributed by atoms with van der Waals surface area (Å²) in [6, 6.07) is 11.8. The summed E-state index contributed by atoms with van der Waals surface area (Å²) >= 11 is 0. The Kier molecular flexibility index (Phi) is 4.08. The van der Waals surface area contributed by atoms with Crippen LogP contribution in [0.1, 0.15) is 65.5 Å². The van der Waals surface area contributed by atoms with E-state index in [0.29, 0.717) is 30.3 Å². The zero-order chi connectivity index (χ0) is 18.4. The molecule has 0 bridgehead atoms. The van der Waals surface area contributed by atoms with E-state index in [2.05, 4.69) is 45.5 Å². The van der Waals surface area contributed by atoms with E-state index in [9.17, 15) is 0 Å². The molecule has 5 rings (SSSR count). The first-order valence-electron chi connectivity index (χ1n) is 9.75. The molecular formula is C21H24N4O2. The average Bonchev–Trinajstić information content (AvgIpc) is 3.44. The van der Waals surface area contributed by atoms with Crippen LogP contribution in [-0.2, 0) is 6.42 Å². The Morgan fingerprint density at radius 2 is 1.96 bits per heavy atom. The molecule has 140 valence electrons. The number of nitrogens with zero attached hydrogens (tertiary/aromatic N) is 4. The van der Waals surface area contributed by atoms with Gasteiger partial charge in [0.1, 0.15) is 5.76 Å². The summed E-state index contributed by atoms with van der Waals surface area (Å²) in [6.45, 7) is 5.02. The summed E-state index contributed by atoms with van der Waals surface area (Å²) in [4.78, 5) is 7.41. The van der Waals surface area contributed by atoms with Gasteiger partial charge in [0.2, 0.25) is 5.89 Å². The monoisotopic (exact) mass is 364 g/mol. The largest absolute Gasteiger partial charge is 0.361 e. The molecule has 1 aromatic carbocycles. The third-order valence-electron chi connectivity index (χ3n) is 6.19. The summed E-state index contributed by atoms with van der Waals surface area (Å²) in [7, 11) is 0. The first-order chi connectivity index (χ1) is 13.2. The van der Waals surface area contributed by atoms with Crippen LogP contribution in [0.2, 0.25) is 0 Å². The third kappa shape index (κ3) is 2.88. The number of rotatable bonds is 4. The molecular weight excluding hydrogens is 340 g/mol. The van der Waals surface area contributed by atoms with Crippen molar-refractivity contribution in [2.75, 3.05) is 6.54 Å². The van der Waals surface area contributed by atoms with Gasteiger partial charge in [0, 0.05) is 23.6 Å². The smallest absolute Gasteiger partial charge is 0.231 e. The van der Waals surface area contributed by atoms with Crippen molar-refractivity contribution in [3.63, 3.8) is 0 Å². The van der Waals surface area contributed by atoms with Gasteiger partial charge in [-0.2, -0.15) is 4.98 Å². The number of aromatic nitrogens is 3. The van der Waals surface area contributed by atoms with Crippen molar-refractivity contribution in [2.24, 2.45) is 0 Å². The molecule has 6 heteroatoms. The highest BCUT2D eigenvalue weighted by molar-refractivity contribution is 5.26. The quantitative estimate of drug-likeness (QED) is 0.698. The van der Waals surface area contributed by atoms with Gasteiger partial charge in [-0.3, -0.25) is 4.90 Å². The summed E-state index contributed by atoms with van der Waals surface area (Å²) in [5.41, 5.74) is 3.33. The van der Waals surface area contributed by atoms with Crippen molar-refractivity contribution in [3.8, 4) is 0 Å². The number of hydrogen-bond acceptors (Lipinski definition) is 6. The molecule has 0 unspecified atom stereocenters.